The van der Waals surface area contributed by atoms with Crippen LogP contribution in [0.5, 0.6) is 0 Å². The molecule has 0 atom stereocenters. The molecule has 2 N–H and O–H groups in total. The van der Waals surface area contributed by atoms with Crippen molar-refractivity contribution in [3.05, 3.63) is 0 Å². The molecule has 0 spiro atoms. The molecule has 2 aliphatic heterocycles. The van der Waals surface area contributed by atoms with Crippen LogP contribution in [0.15, 0.2) is 0 Å². The van der Waals surface area contributed by atoms with Crippen molar-refractivity contribution >= 4 is 0 Å². The summed E-state index contributed by atoms with van der Waals surface area (Å²) in [5.74, 6) is 0. The molecule has 0 aromatic carbocycles. The molecule has 0 aromatic heterocycles. The minimum absolute atomic E-state index is 0.882. The van der Waals surface area contributed by atoms with E-state index in [4.69, 9.17) is 9.47 Å². The minimum Gasteiger partial charge on any atom is -0.379 e. The van der Waals surface area contributed by atoms with Crippen molar-refractivity contribution in [1.29, 1.82) is 0 Å². The van der Waals surface area contributed by atoms with Crippen LogP contribution in [0.1, 0.15) is 6.42 Å². The van der Waals surface area contributed by atoms with Crippen molar-refractivity contribution in [3.8, 4) is 0 Å². The summed E-state index contributed by atoms with van der Waals surface area (Å²) >= 11 is 0. The van der Waals surface area contributed by atoms with Crippen LogP contribution in [-0.4, -0.2) is 88.6 Å². The second-order valence-corrected chi connectivity index (χ2v) is 5.12. The van der Waals surface area contributed by atoms with Gasteiger partial charge in [0.05, 0.1) is 26.4 Å². The molecule has 19 heavy (non-hydrogen) atoms. The van der Waals surface area contributed by atoms with Crippen LogP contribution in [0.3, 0.4) is 0 Å². The first-order chi connectivity index (χ1) is 9.45. The molecule has 0 saturated carbocycles. The fourth-order valence-corrected chi connectivity index (χ4v) is 2.43. The lowest BCUT2D eigenvalue weighted by Gasteiger charge is -2.27. The summed E-state index contributed by atoms with van der Waals surface area (Å²) in [5.41, 5.74) is 6.59. The molecule has 0 radical (unpaired) electrons. The number of hydrogen-bond acceptors (Lipinski definition) is 6. The second kappa shape index (κ2) is 9.63. The molecule has 2 aliphatic rings. The number of rotatable bonds is 8. The molecule has 2 heterocycles. The van der Waals surface area contributed by atoms with Gasteiger partial charge in [0.2, 0.25) is 0 Å². The molecule has 6 heteroatoms. The molecule has 6 nitrogen and oxygen atoms in total. The van der Waals surface area contributed by atoms with Gasteiger partial charge in [-0.15, -0.1) is 0 Å². The number of nitrogens with one attached hydrogen (secondary N) is 2. The highest BCUT2D eigenvalue weighted by atomic mass is 16.5. The summed E-state index contributed by atoms with van der Waals surface area (Å²) in [4.78, 5) is 4.91. The molecular formula is C13H28N4O2. The maximum Gasteiger partial charge on any atom is 0.0594 e. The molecule has 112 valence electrons. The monoisotopic (exact) mass is 272 g/mol. The first-order valence-electron chi connectivity index (χ1n) is 7.51. The summed E-state index contributed by atoms with van der Waals surface area (Å²) < 4.78 is 10.7. The third-order valence-electron chi connectivity index (χ3n) is 3.66. The average Bonchev–Trinajstić information content (AvgIpc) is 2.48. The maximum absolute atomic E-state index is 5.33. The van der Waals surface area contributed by atoms with Gasteiger partial charge in [-0.25, -0.2) is 0 Å². The number of morpholine rings is 2. The van der Waals surface area contributed by atoms with E-state index in [0.717, 1.165) is 72.2 Å². The van der Waals surface area contributed by atoms with E-state index in [9.17, 15) is 0 Å². The Labute approximate surface area is 116 Å². The largest absolute Gasteiger partial charge is 0.379 e. The lowest BCUT2D eigenvalue weighted by atomic mass is 10.3. The number of hydrazine groups is 1. The first kappa shape index (κ1) is 15.2. The van der Waals surface area contributed by atoms with E-state index < -0.39 is 0 Å². The average molecular weight is 272 g/mol. The van der Waals surface area contributed by atoms with Gasteiger partial charge in [0.15, 0.2) is 0 Å². The van der Waals surface area contributed by atoms with Crippen LogP contribution in [-0.2, 0) is 9.47 Å². The summed E-state index contributed by atoms with van der Waals surface area (Å²) in [5, 5.41) is 0. The molecule has 0 amide bonds. The van der Waals surface area contributed by atoms with E-state index in [1.165, 1.54) is 13.0 Å². The highest BCUT2D eigenvalue weighted by molar-refractivity contribution is 4.63. The number of hydrogen-bond donors (Lipinski definition) is 2. The normalized spacial score (nSPS) is 22.7. The van der Waals surface area contributed by atoms with E-state index in [0.29, 0.717) is 0 Å². The smallest absolute Gasteiger partial charge is 0.0594 e. The van der Waals surface area contributed by atoms with Gasteiger partial charge in [-0.1, -0.05) is 0 Å². The topological polar surface area (TPSA) is 49.0 Å². The van der Waals surface area contributed by atoms with Crippen molar-refractivity contribution < 1.29 is 9.47 Å². The van der Waals surface area contributed by atoms with Crippen molar-refractivity contribution in [2.24, 2.45) is 0 Å². The highest BCUT2D eigenvalue weighted by Gasteiger charge is 2.10. The van der Waals surface area contributed by atoms with Gasteiger partial charge < -0.3 is 9.47 Å². The standard InChI is InChI=1S/C13H28N4O2/c1(4-16-6-10-18-11-7-16)2-14-15-3-5-17-8-12-19-13-9-17/h14-15H,1-13H2. The molecule has 0 aromatic rings. The van der Waals surface area contributed by atoms with Crippen LogP contribution >= 0.6 is 0 Å². The Morgan fingerprint density at radius 3 is 1.84 bits per heavy atom. The zero-order valence-electron chi connectivity index (χ0n) is 11.9. The van der Waals surface area contributed by atoms with Gasteiger partial charge >= 0.3 is 0 Å². The Kier molecular flexibility index (Phi) is 7.68. The van der Waals surface area contributed by atoms with Crippen LogP contribution in [0.2, 0.25) is 0 Å². The quantitative estimate of drug-likeness (QED) is 0.443. The molecule has 2 fully saturated rings. The SMILES string of the molecule is C(CNNCCN1CCOCC1)CN1CCOCC1. The maximum atomic E-state index is 5.33. The fourth-order valence-electron chi connectivity index (χ4n) is 2.43. The Balaban J connectivity index is 1.35. The first-order valence-corrected chi connectivity index (χ1v) is 7.51. The summed E-state index contributed by atoms with van der Waals surface area (Å²) in [6, 6.07) is 0. The van der Waals surface area contributed by atoms with E-state index in [1.807, 2.05) is 0 Å². The number of nitrogens with zero attached hydrogens (tertiary/aromatic N) is 2. The van der Waals surface area contributed by atoms with Gasteiger partial charge in [0.25, 0.3) is 0 Å². The van der Waals surface area contributed by atoms with Gasteiger partial charge in [-0.05, 0) is 13.0 Å². The molecule has 2 saturated heterocycles. The Hall–Kier alpha value is -0.240. The third-order valence-corrected chi connectivity index (χ3v) is 3.66. The Bertz CT molecular complexity index is 197. The zero-order chi connectivity index (χ0) is 13.2. The molecular weight excluding hydrogens is 244 g/mol. The molecule has 0 aliphatic carbocycles. The predicted octanol–water partition coefficient (Wildman–Crippen LogP) is -0.865. The third kappa shape index (κ3) is 6.65. The highest BCUT2D eigenvalue weighted by Crippen LogP contribution is 1.97. The summed E-state index contributed by atoms with van der Waals surface area (Å²) in [6.45, 7) is 12.2. The van der Waals surface area contributed by atoms with E-state index in [2.05, 4.69) is 20.7 Å². The van der Waals surface area contributed by atoms with Gasteiger partial charge in [-0.2, -0.15) is 0 Å². The number of ether oxygens (including phenoxy) is 2. The fraction of sp³-hybridized carbons (Fsp3) is 1.00. The molecule has 0 unspecified atom stereocenters. The summed E-state index contributed by atoms with van der Waals surface area (Å²) in [7, 11) is 0. The summed E-state index contributed by atoms with van der Waals surface area (Å²) in [6.07, 6.45) is 1.19. The Morgan fingerprint density at radius 2 is 1.21 bits per heavy atom. The lowest BCUT2D eigenvalue weighted by molar-refractivity contribution is 0.0366. The van der Waals surface area contributed by atoms with Gasteiger partial charge in [0, 0.05) is 45.8 Å². The minimum atomic E-state index is 0.882. The van der Waals surface area contributed by atoms with Crippen LogP contribution in [0.25, 0.3) is 0 Å². The van der Waals surface area contributed by atoms with Crippen LogP contribution in [0.4, 0.5) is 0 Å². The van der Waals surface area contributed by atoms with Crippen molar-refractivity contribution in [2.45, 2.75) is 6.42 Å². The van der Waals surface area contributed by atoms with Crippen molar-refractivity contribution in [3.63, 3.8) is 0 Å². The molecule has 0 bridgehead atoms. The Morgan fingerprint density at radius 1 is 0.684 bits per heavy atom. The predicted molar refractivity (Wildman–Crippen MR) is 75.1 cm³/mol. The van der Waals surface area contributed by atoms with Gasteiger partial charge in [-0.3, -0.25) is 20.7 Å². The van der Waals surface area contributed by atoms with E-state index in [1.54, 1.807) is 0 Å². The lowest BCUT2D eigenvalue weighted by Crippen LogP contribution is -2.44. The second-order valence-electron chi connectivity index (χ2n) is 5.12. The van der Waals surface area contributed by atoms with Crippen molar-refractivity contribution in [2.75, 3.05) is 78.8 Å². The zero-order valence-corrected chi connectivity index (χ0v) is 11.9. The van der Waals surface area contributed by atoms with Crippen LogP contribution in [0, 0.1) is 0 Å². The van der Waals surface area contributed by atoms with Crippen molar-refractivity contribution in [1.82, 2.24) is 20.7 Å². The van der Waals surface area contributed by atoms with Gasteiger partial charge in [0.1, 0.15) is 0 Å². The van der Waals surface area contributed by atoms with E-state index in [-0.39, 0.29) is 0 Å². The van der Waals surface area contributed by atoms with Crippen LogP contribution < -0.4 is 10.9 Å². The van der Waals surface area contributed by atoms with E-state index >= 15 is 0 Å². The molecule has 2 rings (SSSR count).